The third kappa shape index (κ3) is 2.64. The van der Waals surface area contributed by atoms with Crippen LogP contribution in [0, 0.1) is 5.92 Å². The summed E-state index contributed by atoms with van der Waals surface area (Å²) in [5, 5.41) is 0. The van der Waals surface area contributed by atoms with Crippen LogP contribution < -0.4 is 15.4 Å². The van der Waals surface area contributed by atoms with Crippen LogP contribution in [0.4, 0.5) is 11.9 Å². The van der Waals surface area contributed by atoms with Crippen molar-refractivity contribution in [2.24, 2.45) is 5.92 Å². The van der Waals surface area contributed by atoms with Gasteiger partial charge >= 0.3 is 6.01 Å². The van der Waals surface area contributed by atoms with Gasteiger partial charge in [-0.25, -0.2) is 0 Å². The maximum atomic E-state index is 5.79. The molecule has 6 heteroatoms. The van der Waals surface area contributed by atoms with Crippen molar-refractivity contribution in [2.45, 2.75) is 51.5 Å². The molecule has 1 aromatic rings. The largest absolute Gasteiger partial charge is 0.464 e. The minimum absolute atomic E-state index is 0.246. The molecule has 3 rings (SSSR count). The number of nitrogens with zero attached hydrogens (tertiary/aromatic N) is 4. The van der Waals surface area contributed by atoms with Crippen molar-refractivity contribution in [3.63, 3.8) is 0 Å². The van der Waals surface area contributed by atoms with Crippen molar-refractivity contribution in [1.82, 2.24) is 15.0 Å². The quantitative estimate of drug-likeness (QED) is 0.907. The standard InChI is InChI=1S/C14H23N5O/c1-2-20-14-17-12(15)16-13(18-14)19-9-5-8-11(19)10-6-3-4-7-10/h10-11H,2-9H2,1H3,(H2,15,16,17,18). The zero-order valence-corrected chi connectivity index (χ0v) is 12.1. The second-order valence-electron chi connectivity index (χ2n) is 5.66. The predicted octanol–water partition coefficient (Wildman–Crippen LogP) is 2.01. The zero-order valence-electron chi connectivity index (χ0n) is 12.1. The van der Waals surface area contributed by atoms with Gasteiger partial charge in [-0.3, -0.25) is 0 Å². The lowest BCUT2D eigenvalue weighted by atomic mass is 9.96. The van der Waals surface area contributed by atoms with E-state index in [-0.39, 0.29) is 5.95 Å². The Hall–Kier alpha value is -1.59. The molecular weight excluding hydrogens is 254 g/mol. The number of rotatable bonds is 4. The van der Waals surface area contributed by atoms with Crippen LogP contribution in [-0.4, -0.2) is 34.1 Å². The molecule has 6 nitrogen and oxygen atoms in total. The van der Waals surface area contributed by atoms with Crippen LogP contribution in [0.5, 0.6) is 6.01 Å². The van der Waals surface area contributed by atoms with Gasteiger partial charge < -0.3 is 15.4 Å². The van der Waals surface area contributed by atoms with Crippen LogP contribution in [0.25, 0.3) is 0 Å². The first kappa shape index (κ1) is 13.4. The molecule has 0 radical (unpaired) electrons. The highest BCUT2D eigenvalue weighted by Gasteiger charge is 2.35. The Morgan fingerprint density at radius 2 is 1.95 bits per heavy atom. The van der Waals surface area contributed by atoms with Crippen molar-refractivity contribution in [1.29, 1.82) is 0 Å². The zero-order chi connectivity index (χ0) is 13.9. The fraction of sp³-hybridized carbons (Fsp3) is 0.786. The van der Waals surface area contributed by atoms with Crippen molar-refractivity contribution in [3.05, 3.63) is 0 Å². The van der Waals surface area contributed by atoms with Gasteiger partial charge in [-0.2, -0.15) is 15.0 Å². The summed E-state index contributed by atoms with van der Waals surface area (Å²) in [4.78, 5) is 15.1. The summed E-state index contributed by atoms with van der Waals surface area (Å²) in [5.41, 5.74) is 5.79. The summed E-state index contributed by atoms with van der Waals surface area (Å²) in [5.74, 6) is 1.72. The van der Waals surface area contributed by atoms with Gasteiger partial charge in [-0.1, -0.05) is 12.8 Å². The van der Waals surface area contributed by atoms with E-state index in [1.807, 2.05) is 6.92 Å². The van der Waals surface area contributed by atoms with E-state index in [2.05, 4.69) is 19.9 Å². The summed E-state index contributed by atoms with van der Waals surface area (Å²) in [6, 6.07) is 0.904. The fourth-order valence-corrected chi connectivity index (χ4v) is 3.56. The van der Waals surface area contributed by atoms with E-state index in [4.69, 9.17) is 10.5 Å². The average molecular weight is 277 g/mol. The Balaban J connectivity index is 1.83. The Morgan fingerprint density at radius 3 is 2.70 bits per heavy atom. The summed E-state index contributed by atoms with van der Waals surface area (Å²) >= 11 is 0. The second kappa shape index (κ2) is 5.81. The van der Waals surface area contributed by atoms with Crippen LogP contribution >= 0.6 is 0 Å². The minimum atomic E-state index is 0.246. The van der Waals surface area contributed by atoms with Gasteiger partial charge in [0.05, 0.1) is 6.61 Å². The Kier molecular flexibility index (Phi) is 3.89. The lowest BCUT2D eigenvalue weighted by molar-refractivity contribution is 0.311. The molecule has 1 aromatic heterocycles. The van der Waals surface area contributed by atoms with Gasteiger partial charge in [0.2, 0.25) is 11.9 Å². The molecule has 0 amide bonds. The number of nitrogens with two attached hydrogens (primary N) is 1. The SMILES string of the molecule is CCOc1nc(N)nc(N2CCCC2C2CCCC2)n1. The normalized spacial score (nSPS) is 23.4. The van der Waals surface area contributed by atoms with E-state index in [1.165, 1.54) is 38.5 Å². The molecule has 1 aliphatic carbocycles. The molecule has 0 aromatic carbocycles. The molecule has 2 aliphatic rings. The van der Waals surface area contributed by atoms with Gasteiger partial charge in [0, 0.05) is 12.6 Å². The highest BCUT2D eigenvalue weighted by atomic mass is 16.5. The van der Waals surface area contributed by atoms with Crippen molar-refractivity contribution in [3.8, 4) is 6.01 Å². The van der Waals surface area contributed by atoms with E-state index in [9.17, 15) is 0 Å². The van der Waals surface area contributed by atoms with Gasteiger partial charge in [0.1, 0.15) is 0 Å². The third-order valence-corrected chi connectivity index (χ3v) is 4.39. The first-order chi connectivity index (χ1) is 9.78. The summed E-state index contributed by atoms with van der Waals surface area (Å²) in [7, 11) is 0. The Labute approximate surface area is 119 Å². The lowest BCUT2D eigenvalue weighted by Gasteiger charge is -2.29. The number of anilines is 2. The van der Waals surface area contributed by atoms with Crippen molar-refractivity contribution >= 4 is 11.9 Å². The second-order valence-corrected chi connectivity index (χ2v) is 5.66. The molecule has 1 saturated heterocycles. The highest BCUT2D eigenvalue weighted by Crippen LogP contribution is 2.37. The minimum Gasteiger partial charge on any atom is -0.464 e. The first-order valence-corrected chi connectivity index (χ1v) is 7.69. The number of aromatic nitrogens is 3. The van der Waals surface area contributed by atoms with Crippen LogP contribution in [0.1, 0.15) is 45.4 Å². The van der Waals surface area contributed by atoms with E-state index < -0.39 is 0 Å². The predicted molar refractivity (Wildman–Crippen MR) is 77.7 cm³/mol. The number of ether oxygens (including phenoxy) is 1. The van der Waals surface area contributed by atoms with Crippen LogP contribution in [0.3, 0.4) is 0 Å². The van der Waals surface area contributed by atoms with E-state index in [0.717, 1.165) is 12.5 Å². The smallest absolute Gasteiger partial charge is 0.323 e. The number of hydrogen-bond donors (Lipinski definition) is 1. The Bertz CT molecular complexity index is 461. The van der Waals surface area contributed by atoms with E-state index in [1.54, 1.807) is 0 Å². The molecule has 110 valence electrons. The van der Waals surface area contributed by atoms with Crippen LogP contribution in [0.15, 0.2) is 0 Å². The van der Waals surface area contributed by atoms with Crippen molar-refractivity contribution in [2.75, 3.05) is 23.8 Å². The van der Waals surface area contributed by atoms with Crippen molar-refractivity contribution < 1.29 is 4.74 Å². The molecule has 2 heterocycles. The molecule has 2 fully saturated rings. The number of hydrogen-bond acceptors (Lipinski definition) is 6. The summed E-state index contributed by atoms with van der Waals surface area (Å²) in [6.07, 6.45) is 7.83. The molecule has 0 bridgehead atoms. The van der Waals surface area contributed by atoms with Crippen LogP contribution in [-0.2, 0) is 0 Å². The van der Waals surface area contributed by atoms with E-state index >= 15 is 0 Å². The molecule has 0 spiro atoms. The van der Waals surface area contributed by atoms with Gasteiger partial charge in [-0.05, 0) is 38.5 Å². The molecule has 1 aliphatic heterocycles. The molecule has 1 saturated carbocycles. The molecular formula is C14H23N5O. The van der Waals surface area contributed by atoms with E-state index in [0.29, 0.717) is 24.6 Å². The molecule has 1 unspecified atom stereocenters. The van der Waals surface area contributed by atoms with Crippen LogP contribution in [0.2, 0.25) is 0 Å². The molecule has 2 N–H and O–H groups in total. The third-order valence-electron chi connectivity index (χ3n) is 4.39. The van der Waals surface area contributed by atoms with Gasteiger partial charge in [0.25, 0.3) is 0 Å². The van der Waals surface area contributed by atoms with Gasteiger partial charge in [-0.15, -0.1) is 0 Å². The first-order valence-electron chi connectivity index (χ1n) is 7.69. The molecule has 20 heavy (non-hydrogen) atoms. The summed E-state index contributed by atoms with van der Waals surface area (Å²) in [6.45, 7) is 3.46. The maximum Gasteiger partial charge on any atom is 0.323 e. The topological polar surface area (TPSA) is 77.2 Å². The number of nitrogen functional groups attached to an aromatic ring is 1. The lowest BCUT2D eigenvalue weighted by Crippen LogP contribution is -2.36. The monoisotopic (exact) mass is 277 g/mol. The van der Waals surface area contributed by atoms with Gasteiger partial charge in [0.15, 0.2) is 0 Å². The maximum absolute atomic E-state index is 5.79. The fourth-order valence-electron chi connectivity index (χ4n) is 3.56. The molecule has 1 atom stereocenters. The average Bonchev–Trinajstić information content (AvgIpc) is 3.09. The Morgan fingerprint density at radius 1 is 1.15 bits per heavy atom. The summed E-state index contributed by atoms with van der Waals surface area (Å²) < 4.78 is 5.38. The highest BCUT2D eigenvalue weighted by molar-refractivity contribution is 5.38.